The summed E-state index contributed by atoms with van der Waals surface area (Å²) in [7, 11) is 0. The number of unbranched alkanes of at least 4 members (excludes halogenated alkanes) is 2. The van der Waals surface area contributed by atoms with Gasteiger partial charge in [0.25, 0.3) is 0 Å². The van der Waals surface area contributed by atoms with Crippen molar-refractivity contribution in [3.8, 4) is 0 Å². The third-order valence-corrected chi connectivity index (χ3v) is 5.78. The molecular weight excluding hydrogens is 338 g/mol. The lowest BCUT2D eigenvalue weighted by atomic mass is 9.80. The van der Waals surface area contributed by atoms with Crippen molar-refractivity contribution < 1.29 is 9.59 Å². The number of carbonyl (C=O) groups excluding carboxylic acids is 2. The zero-order chi connectivity index (χ0) is 19.7. The summed E-state index contributed by atoms with van der Waals surface area (Å²) >= 11 is 0. The molecule has 1 aliphatic rings. The van der Waals surface area contributed by atoms with Crippen LogP contribution in [-0.2, 0) is 4.79 Å². The number of piperidine rings is 1. The van der Waals surface area contributed by atoms with Gasteiger partial charge in [-0.1, -0.05) is 58.2 Å². The molecule has 5 heteroatoms. The van der Waals surface area contributed by atoms with Crippen molar-refractivity contribution in [3.05, 3.63) is 30.3 Å². The second-order valence-corrected chi connectivity index (χ2v) is 7.90. The lowest BCUT2D eigenvalue weighted by molar-refractivity contribution is -0.143. The van der Waals surface area contributed by atoms with Gasteiger partial charge < -0.3 is 15.5 Å². The fourth-order valence-corrected chi connectivity index (χ4v) is 3.68. The quantitative estimate of drug-likeness (QED) is 0.643. The number of hydrogen-bond donors (Lipinski definition) is 2. The molecule has 2 N–H and O–H groups in total. The molecule has 0 bridgehead atoms. The second-order valence-electron chi connectivity index (χ2n) is 7.90. The van der Waals surface area contributed by atoms with Crippen LogP contribution in [0.25, 0.3) is 0 Å². The van der Waals surface area contributed by atoms with Crippen LogP contribution in [0.3, 0.4) is 0 Å². The summed E-state index contributed by atoms with van der Waals surface area (Å²) in [6.07, 6.45) is 6.94. The Kier molecular flexibility index (Phi) is 8.14. The van der Waals surface area contributed by atoms with Crippen molar-refractivity contribution in [2.75, 3.05) is 18.4 Å². The maximum atomic E-state index is 13.0. The minimum Gasteiger partial charge on any atom is -0.342 e. The monoisotopic (exact) mass is 373 g/mol. The summed E-state index contributed by atoms with van der Waals surface area (Å²) in [5, 5.41) is 5.89. The first-order valence-electron chi connectivity index (χ1n) is 10.4. The van der Waals surface area contributed by atoms with E-state index in [1.165, 1.54) is 12.8 Å². The molecule has 0 aromatic heterocycles. The minimum atomic E-state index is -0.250. The van der Waals surface area contributed by atoms with Gasteiger partial charge in [0, 0.05) is 30.2 Å². The van der Waals surface area contributed by atoms with Gasteiger partial charge in [-0.3, -0.25) is 4.79 Å². The average molecular weight is 374 g/mol. The second kappa shape index (κ2) is 10.3. The van der Waals surface area contributed by atoms with E-state index in [2.05, 4.69) is 31.4 Å². The van der Waals surface area contributed by atoms with Crippen molar-refractivity contribution in [2.24, 2.45) is 5.41 Å². The molecule has 1 aromatic carbocycles. The number of anilines is 1. The van der Waals surface area contributed by atoms with Crippen molar-refractivity contribution >= 4 is 17.6 Å². The predicted octanol–water partition coefficient (Wildman–Crippen LogP) is 4.80. The minimum absolute atomic E-state index is 0.116. The normalized spacial score (nSPS) is 17.2. The van der Waals surface area contributed by atoms with E-state index in [4.69, 9.17) is 0 Å². The summed E-state index contributed by atoms with van der Waals surface area (Å²) in [5.74, 6) is 0.285. The number of rotatable bonds is 8. The number of hydrogen-bond acceptors (Lipinski definition) is 2. The highest BCUT2D eigenvalue weighted by Crippen LogP contribution is 2.32. The highest BCUT2D eigenvalue weighted by molar-refractivity contribution is 5.89. The Bertz CT molecular complexity index is 597. The molecule has 2 rings (SSSR count). The van der Waals surface area contributed by atoms with Gasteiger partial charge in [-0.2, -0.15) is 0 Å². The van der Waals surface area contributed by atoms with E-state index in [9.17, 15) is 9.59 Å². The Labute approximate surface area is 163 Å². The number of urea groups is 1. The number of nitrogens with zero attached hydrogens (tertiary/aromatic N) is 1. The fraction of sp³-hybridized carbons (Fsp3) is 0.636. The van der Waals surface area contributed by atoms with Gasteiger partial charge in [-0.15, -0.1) is 0 Å². The molecule has 5 nitrogen and oxygen atoms in total. The molecule has 1 aromatic rings. The van der Waals surface area contributed by atoms with Gasteiger partial charge in [-0.25, -0.2) is 4.79 Å². The molecular formula is C22H35N3O2. The van der Waals surface area contributed by atoms with Crippen LogP contribution in [0.15, 0.2) is 30.3 Å². The number of amides is 3. The van der Waals surface area contributed by atoms with E-state index in [0.29, 0.717) is 0 Å². The van der Waals surface area contributed by atoms with Crippen molar-refractivity contribution in [1.29, 1.82) is 0 Å². The van der Waals surface area contributed by atoms with E-state index in [0.717, 1.165) is 50.9 Å². The summed E-state index contributed by atoms with van der Waals surface area (Å²) in [6, 6.07) is 9.38. The van der Waals surface area contributed by atoms with Gasteiger partial charge >= 0.3 is 6.03 Å². The zero-order valence-corrected chi connectivity index (χ0v) is 17.1. The molecule has 150 valence electrons. The highest BCUT2D eigenvalue weighted by atomic mass is 16.2. The molecule has 0 spiro atoms. The molecule has 3 amide bonds. The molecule has 1 aliphatic heterocycles. The first-order chi connectivity index (χ1) is 13.0. The van der Waals surface area contributed by atoms with Crippen LogP contribution in [0.1, 0.15) is 65.7 Å². The highest BCUT2D eigenvalue weighted by Gasteiger charge is 2.36. The van der Waals surface area contributed by atoms with Crippen LogP contribution in [0, 0.1) is 5.41 Å². The third-order valence-electron chi connectivity index (χ3n) is 5.78. The zero-order valence-electron chi connectivity index (χ0n) is 17.1. The molecule has 1 atom stereocenters. The summed E-state index contributed by atoms with van der Waals surface area (Å²) in [4.78, 5) is 27.2. The van der Waals surface area contributed by atoms with Crippen molar-refractivity contribution in [2.45, 2.75) is 71.8 Å². The van der Waals surface area contributed by atoms with Crippen LogP contribution < -0.4 is 10.6 Å². The van der Waals surface area contributed by atoms with Gasteiger partial charge in [0.15, 0.2) is 0 Å². The summed E-state index contributed by atoms with van der Waals surface area (Å²) in [6.45, 7) is 7.86. The van der Waals surface area contributed by atoms with E-state index >= 15 is 0 Å². The molecule has 1 heterocycles. The maximum Gasteiger partial charge on any atom is 0.319 e. The summed E-state index contributed by atoms with van der Waals surface area (Å²) in [5.41, 5.74) is 0.536. The lowest BCUT2D eigenvalue weighted by Gasteiger charge is -2.38. The van der Waals surface area contributed by atoms with Crippen LogP contribution >= 0.6 is 0 Å². The average Bonchev–Trinajstić information content (AvgIpc) is 2.68. The Hall–Kier alpha value is -2.04. The smallest absolute Gasteiger partial charge is 0.319 e. The Morgan fingerprint density at radius 2 is 1.78 bits per heavy atom. The van der Waals surface area contributed by atoms with E-state index in [1.54, 1.807) is 0 Å². The SMILES string of the molecule is CCCCC[C@@](C)(CC)C(=O)N1CCC(NC(=O)Nc2ccccc2)CC1. The van der Waals surface area contributed by atoms with Crippen LogP contribution in [0.2, 0.25) is 0 Å². The Morgan fingerprint density at radius 1 is 1.11 bits per heavy atom. The predicted molar refractivity (Wildman–Crippen MR) is 111 cm³/mol. The van der Waals surface area contributed by atoms with Crippen LogP contribution in [0.5, 0.6) is 0 Å². The van der Waals surface area contributed by atoms with Gasteiger partial charge in [0.1, 0.15) is 0 Å². The van der Waals surface area contributed by atoms with Gasteiger partial charge in [0.2, 0.25) is 5.91 Å². The number of benzene rings is 1. The molecule has 0 radical (unpaired) electrons. The number of carbonyl (C=O) groups is 2. The largest absolute Gasteiger partial charge is 0.342 e. The van der Waals surface area contributed by atoms with Crippen molar-refractivity contribution in [1.82, 2.24) is 10.2 Å². The molecule has 0 aliphatic carbocycles. The van der Waals surface area contributed by atoms with Gasteiger partial charge in [-0.05, 0) is 37.8 Å². The topological polar surface area (TPSA) is 61.4 Å². The van der Waals surface area contributed by atoms with E-state index < -0.39 is 0 Å². The van der Waals surface area contributed by atoms with Crippen LogP contribution in [0.4, 0.5) is 10.5 Å². The molecule has 27 heavy (non-hydrogen) atoms. The van der Waals surface area contributed by atoms with E-state index in [1.807, 2.05) is 35.2 Å². The molecule has 0 unspecified atom stereocenters. The lowest BCUT2D eigenvalue weighted by Crippen LogP contribution is -2.50. The number of para-hydroxylation sites is 1. The molecule has 1 fully saturated rings. The third kappa shape index (κ3) is 6.26. The van der Waals surface area contributed by atoms with Crippen LogP contribution in [-0.4, -0.2) is 36.0 Å². The molecule has 0 saturated carbocycles. The Balaban J connectivity index is 1.79. The fourth-order valence-electron chi connectivity index (χ4n) is 3.68. The van der Waals surface area contributed by atoms with Gasteiger partial charge in [0.05, 0.1) is 0 Å². The Morgan fingerprint density at radius 3 is 2.37 bits per heavy atom. The first-order valence-corrected chi connectivity index (χ1v) is 10.4. The van der Waals surface area contributed by atoms with Crippen molar-refractivity contribution in [3.63, 3.8) is 0 Å². The number of nitrogens with one attached hydrogen (secondary N) is 2. The first kappa shape index (κ1) is 21.3. The number of likely N-dealkylation sites (tertiary alicyclic amines) is 1. The maximum absolute atomic E-state index is 13.0. The standard InChI is InChI=1S/C22H35N3O2/c1-4-6-10-15-22(3,5-2)20(26)25-16-13-19(14-17-25)24-21(27)23-18-11-8-7-9-12-18/h7-9,11-12,19H,4-6,10,13-17H2,1-3H3,(H2,23,24,27)/t22-/m1/s1. The molecule has 1 saturated heterocycles. The van der Waals surface area contributed by atoms with E-state index in [-0.39, 0.29) is 23.4 Å². The summed E-state index contributed by atoms with van der Waals surface area (Å²) < 4.78 is 0.